The summed E-state index contributed by atoms with van der Waals surface area (Å²) < 4.78 is 17.1. The Morgan fingerprint density at radius 1 is 1.19 bits per heavy atom. The van der Waals surface area contributed by atoms with Crippen LogP contribution in [0.1, 0.15) is 24.1 Å². The molecule has 0 spiro atoms. The van der Waals surface area contributed by atoms with Crippen LogP contribution in [0.4, 0.5) is 0 Å². The molecule has 0 bridgehead atoms. The van der Waals surface area contributed by atoms with Gasteiger partial charge in [-0.15, -0.1) is 0 Å². The first-order valence-electron chi connectivity index (χ1n) is 9.91. The van der Waals surface area contributed by atoms with E-state index in [1.807, 2.05) is 36.4 Å². The molecular formula is C23H21BrN2O5S. The van der Waals surface area contributed by atoms with Crippen LogP contribution in [0.25, 0.3) is 5.70 Å². The molecule has 4 rings (SSSR count). The zero-order chi connectivity index (χ0) is 22.8. The SMILES string of the molecule is CCOC(=O)C1=C(c2ccccc2)N=C2SCC(=O)N2C1c1cc(Br)c(OC)cc1OC. The van der Waals surface area contributed by atoms with Crippen LogP contribution in [0, 0.1) is 0 Å². The smallest absolute Gasteiger partial charge is 0.338 e. The molecule has 0 N–H and O–H groups in total. The monoisotopic (exact) mass is 516 g/mol. The molecule has 0 saturated carbocycles. The van der Waals surface area contributed by atoms with E-state index in [0.717, 1.165) is 5.56 Å². The average Bonchev–Trinajstić information content (AvgIpc) is 3.18. The number of methoxy groups -OCH3 is 2. The fraction of sp³-hybridized carbons (Fsp3) is 0.261. The van der Waals surface area contributed by atoms with Crippen molar-refractivity contribution >= 4 is 50.4 Å². The van der Waals surface area contributed by atoms with Crippen LogP contribution in [0.15, 0.2) is 57.5 Å². The summed E-state index contributed by atoms with van der Waals surface area (Å²) in [5.41, 5.74) is 2.16. The number of ether oxygens (including phenoxy) is 3. The van der Waals surface area contributed by atoms with E-state index in [2.05, 4.69) is 15.9 Å². The van der Waals surface area contributed by atoms with Gasteiger partial charge in [0.05, 0.1) is 42.3 Å². The van der Waals surface area contributed by atoms with E-state index in [-0.39, 0.29) is 23.8 Å². The van der Waals surface area contributed by atoms with Gasteiger partial charge in [0.15, 0.2) is 5.17 Å². The van der Waals surface area contributed by atoms with Gasteiger partial charge < -0.3 is 14.2 Å². The number of nitrogens with zero attached hydrogens (tertiary/aromatic N) is 2. The van der Waals surface area contributed by atoms with Crippen molar-refractivity contribution in [3.63, 3.8) is 0 Å². The third kappa shape index (κ3) is 3.91. The summed E-state index contributed by atoms with van der Waals surface area (Å²) in [6, 6.07) is 12.2. The summed E-state index contributed by atoms with van der Waals surface area (Å²) in [4.78, 5) is 32.5. The number of amidine groups is 1. The second kappa shape index (κ2) is 9.38. The second-order valence-electron chi connectivity index (χ2n) is 6.93. The van der Waals surface area contributed by atoms with Crippen LogP contribution in [0.5, 0.6) is 11.5 Å². The maximum absolute atomic E-state index is 13.3. The van der Waals surface area contributed by atoms with Crippen LogP contribution in [0.3, 0.4) is 0 Å². The van der Waals surface area contributed by atoms with Gasteiger partial charge in [-0.1, -0.05) is 42.1 Å². The molecule has 1 unspecified atom stereocenters. The van der Waals surface area contributed by atoms with E-state index in [1.54, 1.807) is 25.0 Å². The Balaban J connectivity index is 2.02. The molecule has 2 aromatic carbocycles. The number of rotatable bonds is 6. The standard InChI is InChI=1S/C23H21BrN2O5S/c1-4-31-22(28)19-20(13-8-6-5-7-9-13)25-23-26(18(27)12-32-23)21(19)14-10-15(24)17(30-3)11-16(14)29-2/h5-11,21H,4,12H2,1-3H3. The van der Waals surface area contributed by atoms with Crippen molar-refractivity contribution in [1.29, 1.82) is 0 Å². The van der Waals surface area contributed by atoms with Gasteiger partial charge in [0.1, 0.15) is 17.5 Å². The zero-order valence-electron chi connectivity index (χ0n) is 17.8. The molecule has 2 aliphatic rings. The predicted octanol–water partition coefficient (Wildman–Crippen LogP) is 4.43. The number of halogens is 1. The van der Waals surface area contributed by atoms with E-state index in [1.165, 1.54) is 18.9 Å². The highest BCUT2D eigenvalue weighted by atomic mass is 79.9. The molecule has 0 radical (unpaired) electrons. The molecule has 1 saturated heterocycles. The van der Waals surface area contributed by atoms with Gasteiger partial charge in [0.2, 0.25) is 5.91 Å². The maximum atomic E-state index is 13.3. The lowest BCUT2D eigenvalue weighted by Gasteiger charge is -2.34. The molecule has 9 heteroatoms. The normalized spacial score (nSPS) is 17.8. The number of hydrogen-bond acceptors (Lipinski definition) is 7. The quantitative estimate of drug-likeness (QED) is 0.528. The fourth-order valence-corrected chi connectivity index (χ4v) is 5.17. The Bertz CT molecular complexity index is 1130. The highest BCUT2D eigenvalue weighted by molar-refractivity contribution is 9.10. The Hall–Kier alpha value is -2.78. The van der Waals surface area contributed by atoms with Crippen molar-refractivity contribution in [2.45, 2.75) is 13.0 Å². The summed E-state index contributed by atoms with van der Waals surface area (Å²) in [5.74, 6) is 0.629. The number of aliphatic imine (C=N–C) groups is 1. The van der Waals surface area contributed by atoms with Crippen LogP contribution >= 0.6 is 27.7 Å². The molecule has 32 heavy (non-hydrogen) atoms. The molecular weight excluding hydrogens is 496 g/mol. The maximum Gasteiger partial charge on any atom is 0.338 e. The minimum atomic E-state index is -0.767. The Labute approximate surface area is 198 Å². The number of esters is 1. The predicted molar refractivity (Wildman–Crippen MR) is 127 cm³/mol. The van der Waals surface area contributed by atoms with Gasteiger partial charge in [-0.3, -0.25) is 9.69 Å². The molecule has 0 aliphatic carbocycles. The largest absolute Gasteiger partial charge is 0.496 e. The highest BCUT2D eigenvalue weighted by Crippen LogP contribution is 2.48. The lowest BCUT2D eigenvalue weighted by molar-refractivity contribution is -0.139. The van der Waals surface area contributed by atoms with E-state index in [9.17, 15) is 9.59 Å². The van der Waals surface area contributed by atoms with Crippen LogP contribution in [-0.2, 0) is 14.3 Å². The van der Waals surface area contributed by atoms with E-state index < -0.39 is 12.0 Å². The van der Waals surface area contributed by atoms with Gasteiger partial charge in [0, 0.05) is 17.2 Å². The van der Waals surface area contributed by atoms with Gasteiger partial charge in [-0.25, -0.2) is 9.79 Å². The summed E-state index contributed by atoms with van der Waals surface area (Å²) in [7, 11) is 3.10. The highest BCUT2D eigenvalue weighted by Gasteiger charge is 2.45. The molecule has 166 valence electrons. The first kappa shape index (κ1) is 22.4. The van der Waals surface area contributed by atoms with Crippen LogP contribution in [-0.4, -0.2) is 48.5 Å². The van der Waals surface area contributed by atoms with E-state index in [4.69, 9.17) is 19.2 Å². The summed E-state index contributed by atoms with van der Waals surface area (Å²) in [6.45, 7) is 1.94. The Morgan fingerprint density at radius 2 is 1.91 bits per heavy atom. The topological polar surface area (TPSA) is 77.4 Å². The molecule has 2 aromatic rings. The first-order chi connectivity index (χ1) is 15.5. The van der Waals surface area contributed by atoms with Gasteiger partial charge in [-0.2, -0.15) is 0 Å². The number of benzene rings is 2. The van der Waals surface area contributed by atoms with Crippen molar-refractivity contribution in [2.75, 3.05) is 26.6 Å². The summed E-state index contributed by atoms with van der Waals surface area (Å²) in [6.07, 6.45) is 0. The molecule has 1 amide bonds. The van der Waals surface area contributed by atoms with Crippen LogP contribution < -0.4 is 9.47 Å². The Kier molecular flexibility index (Phi) is 6.57. The Morgan fingerprint density at radius 3 is 2.56 bits per heavy atom. The van der Waals surface area contributed by atoms with Gasteiger partial charge >= 0.3 is 5.97 Å². The van der Waals surface area contributed by atoms with Crippen molar-refractivity contribution < 1.29 is 23.8 Å². The van der Waals surface area contributed by atoms with E-state index >= 15 is 0 Å². The summed E-state index contributed by atoms with van der Waals surface area (Å²) >= 11 is 4.87. The average molecular weight is 517 g/mol. The molecule has 1 fully saturated rings. The number of carbonyl (C=O) groups is 2. The van der Waals surface area contributed by atoms with Crippen molar-refractivity contribution in [3.05, 3.63) is 63.6 Å². The number of hydrogen-bond donors (Lipinski definition) is 0. The van der Waals surface area contributed by atoms with Gasteiger partial charge in [0.25, 0.3) is 0 Å². The first-order valence-corrected chi connectivity index (χ1v) is 11.7. The number of thioether (sulfide) groups is 1. The lowest BCUT2D eigenvalue weighted by atomic mass is 9.91. The molecule has 2 heterocycles. The second-order valence-corrected chi connectivity index (χ2v) is 8.72. The minimum absolute atomic E-state index is 0.137. The number of amides is 1. The summed E-state index contributed by atoms with van der Waals surface area (Å²) in [5, 5.41) is 0.542. The lowest BCUT2D eigenvalue weighted by Crippen LogP contribution is -2.39. The van der Waals surface area contributed by atoms with E-state index in [0.29, 0.717) is 32.4 Å². The third-order valence-corrected chi connectivity index (χ3v) is 6.69. The van der Waals surface area contributed by atoms with Crippen molar-refractivity contribution in [2.24, 2.45) is 4.99 Å². The molecule has 0 aromatic heterocycles. The van der Waals surface area contributed by atoms with Crippen molar-refractivity contribution in [1.82, 2.24) is 4.90 Å². The number of carbonyl (C=O) groups excluding carboxylic acids is 2. The molecule has 7 nitrogen and oxygen atoms in total. The van der Waals surface area contributed by atoms with Crippen LogP contribution in [0.2, 0.25) is 0 Å². The third-order valence-electron chi connectivity index (χ3n) is 5.14. The molecule has 2 aliphatic heterocycles. The molecule has 1 atom stereocenters. The van der Waals surface area contributed by atoms with Crippen molar-refractivity contribution in [3.8, 4) is 11.5 Å². The number of fused-ring (bicyclic) bond motifs is 1. The zero-order valence-corrected chi connectivity index (χ0v) is 20.2. The fourth-order valence-electron chi connectivity index (χ4n) is 3.75. The van der Waals surface area contributed by atoms with Gasteiger partial charge in [-0.05, 0) is 28.9 Å². The minimum Gasteiger partial charge on any atom is -0.496 e.